The summed E-state index contributed by atoms with van der Waals surface area (Å²) in [5.74, 6) is 0.0653. The summed E-state index contributed by atoms with van der Waals surface area (Å²) < 4.78 is 6.36. The molecule has 0 spiro atoms. The van der Waals surface area contributed by atoms with Gasteiger partial charge in [-0.3, -0.25) is 0 Å². The monoisotopic (exact) mass is 845 g/mol. The van der Waals surface area contributed by atoms with E-state index < -0.39 is 5.41 Å². The van der Waals surface area contributed by atoms with Crippen molar-refractivity contribution in [3.8, 4) is 33.4 Å². The molecule has 10 aromatic rings. The molecule has 1 heterocycles. The molecule has 0 radical (unpaired) electrons. The van der Waals surface area contributed by atoms with E-state index in [4.69, 9.17) is 4.42 Å². The van der Waals surface area contributed by atoms with Crippen LogP contribution in [0.25, 0.3) is 55.3 Å². The number of fused-ring (bicyclic) bond motifs is 9. The van der Waals surface area contributed by atoms with Crippen molar-refractivity contribution in [2.45, 2.75) is 37.0 Å². The molecule has 13 rings (SSSR count). The van der Waals surface area contributed by atoms with E-state index in [2.05, 4.69) is 243 Å². The molecule has 2 nitrogen and oxygen atoms in total. The zero-order valence-corrected chi connectivity index (χ0v) is 37.1. The highest BCUT2D eigenvalue weighted by Gasteiger charge is 2.46. The standard InChI is InChI=1S/C64H47NO/c1-63(2)54-30-14-10-28-51(54)62-50(29-19-32-57(62)63)48-26-12-17-34-59(48)65(58-33-16-11-24-46(58)42-36-39-61-53(40-42)49-27-13-18-35-60(49)66-61)45-37-38-56-52(41-45)47-25-9-15-31-55(47)64(56,43-20-5-3-6-21-43)44-22-7-4-8-23-44/h3-23,25-41,46H,24H2,1-2H3. The quantitative estimate of drug-likeness (QED) is 0.159. The molecule has 0 fully saturated rings. The Morgan fingerprint density at radius 3 is 1.89 bits per heavy atom. The fourth-order valence-electron chi connectivity index (χ4n) is 12.0. The fraction of sp³-hybridized carbons (Fsp3) is 0.0938. The van der Waals surface area contributed by atoms with Gasteiger partial charge >= 0.3 is 0 Å². The third kappa shape index (κ3) is 5.55. The van der Waals surface area contributed by atoms with Gasteiger partial charge in [0.25, 0.3) is 0 Å². The van der Waals surface area contributed by atoms with E-state index in [-0.39, 0.29) is 11.3 Å². The lowest BCUT2D eigenvalue weighted by atomic mass is 9.68. The second kappa shape index (κ2) is 14.8. The van der Waals surface area contributed by atoms with Crippen LogP contribution >= 0.6 is 0 Å². The van der Waals surface area contributed by atoms with Gasteiger partial charge in [0.2, 0.25) is 0 Å². The third-order valence-corrected chi connectivity index (χ3v) is 14.9. The molecule has 0 amide bonds. The normalized spacial score (nSPS) is 16.1. The first-order valence-electron chi connectivity index (χ1n) is 23.3. The lowest BCUT2D eigenvalue weighted by Crippen LogP contribution is -2.28. The van der Waals surface area contributed by atoms with Crippen LogP contribution in [0.1, 0.15) is 65.1 Å². The van der Waals surface area contributed by atoms with Crippen molar-refractivity contribution >= 4 is 33.3 Å². The number of anilines is 2. The maximum absolute atomic E-state index is 6.36. The van der Waals surface area contributed by atoms with Gasteiger partial charge in [0.15, 0.2) is 0 Å². The highest BCUT2D eigenvalue weighted by atomic mass is 16.3. The Morgan fingerprint density at radius 1 is 0.470 bits per heavy atom. The number of allylic oxidation sites excluding steroid dienone is 4. The molecule has 9 aromatic carbocycles. The predicted octanol–water partition coefficient (Wildman–Crippen LogP) is 16.7. The van der Waals surface area contributed by atoms with E-state index in [0.717, 1.165) is 39.7 Å². The van der Waals surface area contributed by atoms with Crippen molar-refractivity contribution in [3.05, 3.63) is 275 Å². The zero-order chi connectivity index (χ0) is 44.0. The molecule has 0 bridgehead atoms. The highest BCUT2D eigenvalue weighted by molar-refractivity contribution is 6.05. The second-order valence-corrected chi connectivity index (χ2v) is 18.7. The van der Waals surface area contributed by atoms with E-state index >= 15 is 0 Å². The van der Waals surface area contributed by atoms with Crippen LogP contribution in [-0.2, 0) is 10.8 Å². The summed E-state index contributed by atoms with van der Waals surface area (Å²) in [5.41, 5.74) is 21.5. The van der Waals surface area contributed by atoms with Crippen LogP contribution in [0, 0.1) is 0 Å². The number of furan rings is 1. The lowest BCUT2D eigenvalue weighted by Gasteiger charge is -2.36. The van der Waals surface area contributed by atoms with Crippen molar-refractivity contribution in [2.75, 3.05) is 4.90 Å². The molecule has 1 atom stereocenters. The van der Waals surface area contributed by atoms with Crippen LogP contribution in [0.3, 0.4) is 0 Å². The van der Waals surface area contributed by atoms with E-state index in [0.29, 0.717) is 0 Å². The molecule has 2 heteroatoms. The summed E-state index contributed by atoms with van der Waals surface area (Å²) in [6, 6.07) is 78.8. The minimum atomic E-state index is -0.487. The van der Waals surface area contributed by atoms with E-state index in [1.54, 1.807) is 0 Å². The van der Waals surface area contributed by atoms with Gasteiger partial charge < -0.3 is 9.32 Å². The molecule has 314 valence electrons. The van der Waals surface area contributed by atoms with Crippen molar-refractivity contribution in [3.63, 3.8) is 0 Å². The van der Waals surface area contributed by atoms with E-state index in [1.165, 1.54) is 78.0 Å². The predicted molar refractivity (Wildman–Crippen MR) is 274 cm³/mol. The average molecular weight is 846 g/mol. The van der Waals surface area contributed by atoms with Gasteiger partial charge in [0.1, 0.15) is 11.2 Å². The Bertz CT molecular complexity index is 3570. The Morgan fingerprint density at radius 2 is 1.09 bits per heavy atom. The third-order valence-electron chi connectivity index (χ3n) is 14.9. The second-order valence-electron chi connectivity index (χ2n) is 18.7. The van der Waals surface area contributed by atoms with Crippen LogP contribution in [0.15, 0.2) is 241 Å². The Labute approximate surface area is 386 Å². The smallest absolute Gasteiger partial charge is 0.135 e. The van der Waals surface area contributed by atoms with Crippen molar-refractivity contribution < 1.29 is 4.42 Å². The van der Waals surface area contributed by atoms with Gasteiger partial charge in [-0.25, -0.2) is 0 Å². The van der Waals surface area contributed by atoms with Crippen LogP contribution in [0.2, 0.25) is 0 Å². The highest BCUT2D eigenvalue weighted by Crippen LogP contribution is 2.58. The van der Waals surface area contributed by atoms with Crippen LogP contribution in [-0.4, -0.2) is 0 Å². The van der Waals surface area contributed by atoms with Gasteiger partial charge in [0, 0.05) is 39.1 Å². The molecule has 0 aliphatic heterocycles. The zero-order valence-electron chi connectivity index (χ0n) is 37.1. The molecule has 3 aliphatic rings. The summed E-state index contributed by atoms with van der Waals surface area (Å²) in [6.45, 7) is 4.74. The number of hydrogen-bond donors (Lipinski definition) is 0. The summed E-state index contributed by atoms with van der Waals surface area (Å²) in [6.07, 6.45) is 7.81. The summed E-state index contributed by atoms with van der Waals surface area (Å²) in [7, 11) is 0. The maximum atomic E-state index is 6.36. The van der Waals surface area contributed by atoms with Crippen LogP contribution in [0.4, 0.5) is 11.4 Å². The van der Waals surface area contributed by atoms with Crippen LogP contribution in [0.5, 0.6) is 0 Å². The minimum absolute atomic E-state index is 0.0653. The number of nitrogens with zero attached hydrogens (tertiary/aromatic N) is 1. The number of hydrogen-bond acceptors (Lipinski definition) is 2. The molecule has 1 aromatic heterocycles. The van der Waals surface area contributed by atoms with Crippen LogP contribution < -0.4 is 4.90 Å². The average Bonchev–Trinajstić information content (AvgIpc) is 3.98. The number of para-hydroxylation sites is 2. The SMILES string of the molecule is CC1(C)c2ccccc2-c2c(-c3ccccc3N(C3=CC=CCC3c3ccc4oc5ccccc5c4c3)c3ccc4c(c3)-c3ccccc3C4(c3ccccc3)c3ccccc3)cccc21. The van der Waals surface area contributed by atoms with Gasteiger partial charge in [-0.15, -0.1) is 0 Å². The lowest BCUT2D eigenvalue weighted by molar-refractivity contribution is 0.660. The number of rotatable bonds is 7. The summed E-state index contributed by atoms with van der Waals surface area (Å²) in [5, 5.41) is 2.30. The molecule has 0 saturated heterocycles. The summed E-state index contributed by atoms with van der Waals surface area (Å²) in [4.78, 5) is 2.58. The van der Waals surface area contributed by atoms with Crippen molar-refractivity contribution in [2.24, 2.45) is 0 Å². The molecule has 3 aliphatic carbocycles. The first-order valence-corrected chi connectivity index (χ1v) is 23.3. The fourth-order valence-corrected chi connectivity index (χ4v) is 12.0. The van der Waals surface area contributed by atoms with E-state index in [9.17, 15) is 0 Å². The Kier molecular flexibility index (Phi) is 8.64. The molecule has 1 unspecified atom stereocenters. The molecule has 0 N–H and O–H groups in total. The Balaban J connectivity index is 1.07. The van der Waals surface area contributed by atoms with Gasteiger partial charge in [-0.2, -0.15) is 0 Å². The Hall–Kier alpha value is -7.94. The first-order chi connectivity index (χ1) is 32.5. The summed E-state index contributed by atoms with van der Waals surface area (Å²) >= 11 is 0. The van der Waals surface area contributed by atoms with E-state index in [1.807, 2.05) is 6.07 Å². The maximum Gasteiger partial charge on any atom is 0.135 e. The van der Waals surface area contributed by atoms with Gasteiger partial charge in [-0.05, 0) is 116 Å². The number of benzene rings is 9. The van der Waals surface area contributed by atoms with Crippen molar-refractivity contribution in [1.29, 1.82) is 0 Å². The molecular formula is C64H47NO. The molecule has 66 heavy (non-hydrogen) atoms. The van der Waals surface area contributed by atoms with Crippen molar-refractivity contribution in [1.82, 2.24) is 0 Å². The largest absolute Gasteiger partial charge is 0.456 e. The topological polar surface area (TPSA) is 16.4 Å². The molecule has 0 saturated carbocycles. The van der Waals surface area contributed by atoms with Gasteiger partial charge in [-0.1, -0.05) is 202 Å². The minimum Gasteiger partial charge on any atom is -0.456 e. The molecular weight excluding hydrogens is 799 g/mol. The van der Waals surface area contributed by atoms with Gasteiger partial charge in [0.05, 0.1) is 11.1 Å². The first kappa shape index (κ1) is 38.5.